The molecule has 0 fully saturated rings. The Labute approximate surface area is 163 Å². The lowest BCUT2D eigenvalue weighted by atomic mass is 9.92. The van der Waals surface area contributed by atoms with Gasteiger partial charge in [0, 0.05) is 23.0 Å². The molecule has 0 bridgehead atoms. The van der Waals surface area contributed by atoms with Crippen molar-refractivity contribution in [2.75, 3.05) is 4.72 Å². The number of aryl methyl sites for hydroxylation is 3. The van der Waals surface area contributed by atoms with Crippen LogP contribution in [0.2, 0.25) is 0 Å². The summed E-state index contributed by atoms with van der Waals surface area (Å²) < 4.78 is 28.4. The van der Waals surface area contributed by atoms with E-state index in [2.05, 4.69) is 14.7 Å². The SMILES string of the molecule is Cc1cc(=O)[nH]c(-c2cccc(NS(=O)(=O)c3ccc4c(c3)CCCC4)c2)n1. The molecule has 0 atom stereocenters. The Kier molecular flexibility index (Phi) is 4.77. The summed E-state index contributed by atoms with van der Waals surface area (Å²) in [5.41, 5.74) is 3.75. The third kappa shape index (κ3) is 3.84. The average molecular weight is 395 g/mol. The highest BCUT2D eigenvalue weighted by Gasteiger charge is 2.18. The van der Waals surface area contributed by atoms with E-state index in [1.54, 1.807) is 43.3 Å². The van der Waals surface area contributed by atoms with Crippen molar-refractivity contribution in [1.82, 2.24) is 9.97 Å². The number of rotatable bonds is 4. The average Bonchev–Trinajstić information content (AvgIpc) is 2.67. The Bertz CT molecular complexity index is 1200. The number of sulfonamides is 1. The first-order chi connectivity index (χ1) is 13.4. The van der Waals surface area contributed by atoms with Crippen LogP contribution in [0.5, 0.6) is 0 Å². The van der Waals surface area contributed by atoms with E-state index in [9.17, 15) is 13.2 Å². The van der Waals surface area contributed by atoms with E-state index in [-0.39, 0.29) is 10.5 Å². The summed E-state index contributed by atoms with van der Waals surface area (Å²) in [6.07, 6.45) is 4.17. The highest BCUT2D eigenvalue weighted by Crippen LogP contribution is 2.26. The number of fused-ring (bicyclic) bond motifs is 1. The van der Waals surface area contributed by atoms with Gasteiger partial charge in [0.25, 0.3) is 15.6 Å². The zero-order valence-electron chi connectivity index (χ0n) is 15.5. The van der Waals surface area contributed by atoms with Gasteiger partial charge in [0.1, 0.15) is 5.82 Å². The molecule has 0 saturated carbocycles. The number of anilines is 1. The first-order valence-corrected chi connectivity index (χ1v) is 10.7. The number of aromatic amines is 1. The van der Waals surface area contributed by atoms with Gasteiger partial charge in [0.2, 0.25) is 0 Å². The number of aromatic nitrogens is 2. The van der Waals surface area contributed by atoms with Gasteiger partial charge in [0.15, 0.2) is 0 Å². The smallest absolute Gasteiger partial charge is 0.261 e. The highest BCUT2D eigenvalue weighted by molar-refractivity contribution is 7.92. The largest absolute Gasteiger partial charge is 0.307 e. The van der Waals surface area contributed by atoms with Gasteiger partial charge < -0.3 is 4.98 Å². The number of nitrogens with one attached hydrogen (secondary N) is 2. The van der Waals surface area contributed by atoms with Gasteiger partial charge in [-0.2, -0.15) is 0 Å². The van der Waals surface area contributed by atoms with E-state index in [0.29, 0.717) is 22.8 Å². The van der Waals surface area contributed by atoms with Crippen LogP contribution in [0.15, 0.2) is 58.2 Å². The van der Waals surface area contributed by atoms with Gasteiger partial charge in [-0.3, -0.25) is 9.52 Å². The third-order valence-electron chi connectivity index (χ3n) is 4.89. The van der Waals surface area contributed by atoms with Crippen molar-refractivity contribution < 1.29 is 8.42 Å². The number of benzene rings is 2. The first-order valence-electron chi connectivity index (χ1n) is 9.24. The molecule has 0 aliphatic heterocycles. The van der Waals surface area contributed by atoms with Crippen LogP contribution in [-0.2, 0) is 22.9 Å². The number of hydrogen-bond donors (Lipinski definition) is 2. The summed E-state index contributed by atoms with van der Waals surface area (Å²) in [7, 11) is -3.70. The molecule has 0 unspecified atom stereocenters. The van der Waals surface area contributed by atoms with Crippen LogP contribution < -0.4 is 10.3 Å². The Morgan fingerprint density at radius 1 is 1.00 bits per heavy atom. The maximum Gasteiger partial charge on any atom is 0.261 e. The highest BCUT2D eigenvalue weighted by atomic mass is 32.2. The van der Waals surface area contributed by atoms with Gasteiger partial charge in [0.05, 0.1) is 4.90 Å². The van der Waals surface area contributed by atoms with E-state index in [1.165, 1.54) is 11.6 Å². The van der Waals surface area contributed by atoms with Crippen LogP contribution >= 0.6 is 0 Å². The summed E-state index contributed by atoms with van der Waals surface area (Å²) in [5, 5.41) is 0. The van der Waals surface area contributed by atoms with E-state index < -0.39 is 10.0 Å². The van der Waals surface area contributed by atoms with Gasteiger partial charge in [-0.1, -0.05) is 18.2 Å². The second-order valence-corrected chi connectivity index (χ2v) is 8.74. The topological polar surface area (TPSA) is 91.9 Å². The van der Waals surface area contributed by atoms with Crippen molar-refractivity contribution in [3.63, 3.8) is 0 Å². The molecule has 1 aliphatic rings. The molecule has 3 aromatic rings. The van der Waals surface area contributed by atoms with Crippen molar-refractivity contribution >= 4 is 15.7 Å². The zero-order chi connectivity index (χ0) is 19.7. The lowest BCUT2D eigenvalue weighted by Gasteiger charge is -2.17. The normalized spacial score (nSPS) is 13.8. The van der Waals surface area contributed by atoms with Crippen molar-refractivity contribution in [2.45, 2.75) is 37.5 Å². The predicted molar refractivity (Wildman–Crippen MR) is 109 cm³/mol. The minimum atomic E-state index is -3.70. The summed E-state index contributed by atoms with van der Waals surface area (Å²) >= 11 is 0. The third-order valence-corrected chi connectivity index (χ3v) is 6.27. The molecule has 0 spiro atoms. The standard InChI is InChI=1S/C21H21N3O3S/c1-14-11-20(25)23-21(22-14)17-7-4-8-18(12-17)24-28(26,27)19-10-9-15-5-2-3-6-16(15)13-19/h4,7-13,24H,2-3,5-6H2,1H3,(H,22,23,25). The summed E-state index contributed by atoms with van der Waals surface area (Å²) in [5.74, 6) is 0.403. The fraction of sp³-hybridized carbons (Fsp3) is 0.238. The Morgan fingerprint density at radius 2 is 1.79 bits per heavy atom. The van der Waals surface area contributed by atoms with Crippen LogP contribution in [-0.4, -0.2) is 18.4 Å². The molecule has 7 heteroatoms. The molecular formula is C21H21N3O3S. The molecule has 1 aromatic heterocycles. The molecule has 0 radical (unpaired) electrons. The molecule has 2 N–H and O–H groups in total. The minimum Gasteiger partial charge on any atom is -0.307 e. The van der Waals surface area contributed by atoms with Gasteiger partial charge in [-0.15, -0.1) is 0 Å². The summed E-state index contributed by atoms with van der Waals surface area (Å²) in [4.78, 5) is 18.9. The van der Waals surface area contributed by atoms with Crippen molar-refractivity contribution in [3.05, 3.63) is 75.7 Å². The molecular weight excluding hydrogens is 374 g/mol. The second-order valence-electron chi connectivity index (χ2n) is 7.06. The quantitative estimate of drug-likeness (QED) is 0.708. The molecule has 28 heavy (non-hydrogen) atoms. The van der Waals surface area contributed by atoms with Crippen LogP contribution in [0.4, 0.5) is 5.69 Å². The predicted octanol–water partition coefficient (Wildman–Crippen LogP) is 3.42. The zero-order valence-corrected chi connectivity index (χ0v) is 16.3. The second kappa shape index (κ2) is 7.24. The van der Waals surface area contributed by atoms with Gasteiger partial charge in [-0.25, -0.2) is 13.4 Å². The fourth-order valence-electron chi connectivity index (χ4n) is 3.54. The molecule has 6 nitrogen and oxygen atoms in total. The maximum absolute atomic E-state index is 12.9. The van der Waals surface area contributed by atoms with Crippen molar-refractivity contribution in [1.29, 1.82) is 0 Å². The maximum atomic E-state index is 12.9. The van der Waals surface area contributed by atoms with Crippen molar-refractivity contribution in [2.24, 2.45) is 0 Å². The number of hydrogen-bond acceptors (Lipinski definition) is 4. The Balaban J connectivity index is 1.64. The van der Waals surface area contributed by atoms with Gasteiger partial charge >= 0.3 is 0 Å². The van der Waals surface area contributed by atoms with E-state index in [1.807, 2.05) is 6.07 Å². The molecule has 2 aromatic carbocycles. The van der Waals surface area contributed by atoms with Gasteiger partial charge in [-0.05, 0) is 68.0 Å². The van der Waals surface area contributed by atoms with Crippen LogP contribution in [0.3, 0.4) is 0 Å². The molecule has 1 aliphatic carbocycles. The fourth-order valence-corrected chi connectivity index (χ4v) is 4.64. The molecule has 0 amide bonds. The van der Waals surface area contributed by atoms with Crippen molar-refractivity contribution in [3.8, 4) is 11.4 Å². The van der Waals surface area contributed by atoms with Crippen LogP contribution in [0.1, 0.15) is 29.7 Å². The monoisotopic (exact) mass is 395 g/mol. The van der Waals surface area contributed by atoms with E-state index in [0.717, 1.165) is 31.2 Å². The number of nitrogens with zero attached hydrogens (tertiary/aromatic N) is 1. The first kappa shape index (κ1) is 18.4. The summed E-state index contributed by atoms with van der Waals surface area (Å²) in [6.45, 7) is 1.74. The molecule has 0 saturated heterocycles. The number of H-pyrrole nitrogens is 1. The van der Waals surface area contributed by atoms with E-state index in [4.69, 9.17) is 0 Å². The Hall–Kier alpha value is -2.93. The van der Waals surface area contributed by atoms with Crippen LogP contribution in [0.25, 0.3) is 11.4 Å². The molecule has 4 rings (SSSR count). The lowest BCUT2D eigenvalue weighted by Crippen LogP contribution is -2.14. The van der Waals surface area contributed by atoms with E-state index >= 15 is 0 Å². The van der Waals surface area contributed by atoms with Crippen LogP contribution in [0, 0.1) is 6.92 Å². The lowest BCUT2D eigenvalue weighted by molar-refractivity contribution is 0.600. The molecule has 144 valence electrons. The minimum absolute atomic E-state index is 0.248. The summed E-state index contributed by atoms with van der Waals surface area (Å²) in [6, 6.07) is 13.6. The molecule has 1 heterocycles. The Morgan fingerprint density at radius 3 is 2.57 bits per heavy atom.